The lowest BCUT2D eigenvalue weighted by atomic mass is 10.1. The monoisotopic (exact) mass is 292 g/mol. The Morgan fingerprint density at radius 1 is 1.21 bits per heavy atom. The van der Waals surface area contributed by atoms with Crippen LogP contribution >= 0.6 is 0 Å². The first-order chi connectivity index (χ1) is 8.96. The lowest BCUT2D eigenvalue weighted by molar-refractivity contribution is 0.0435. The summed E-state index contributed by atoms with van der Waals surface area (Å²) < 4.78 is 27.8. The van der Waals surface area contributed by atoms with Gasteiger partial charge in [0.05, 0.1) is 12.4 Å². The van der Waals surface area contributed by atoms with E-state index in [4.69, 9.17) is 4.74 Å². The summed E-state index contributed by atoms with van der Waals surface area (Å²) in [4.78, 5) is 4.74. The van der Waals surface area contributed by atoms with Gasteiger partial charge in [-0.1, -0.05) is 6.92 Å². The van der Waals surface area contributed by atoms with Gasteiger partial charge >= 0.3 is 0 Å². The van der Waals surface area contributed by atoms with Crippen molar-refractivity contribution in [3.63, 3.8) is 0 Å². The maximum absolute atomic E-state index is 11.2. The summed E-state index contributed by atoms with van der Waals surface area (Å²) in [6, 6.07) is 0.522. The van der Waals surface area contributed by atoms with E-state index in [1.807, 2.05) is 6.92 Å². The predicted octanol–water partition coefficient (Wildman–Crippen LogP) is 0.464. The molecule has 1 rings (SSSR count). The first-order valence-corrected chi connectivity index (χ1v) is 9.24. The van der Waals surface area contributed by atoms with Gasteiger partial charge in [0.1, 0.15) is 9.84 Å². The Morgan fingerprint density at radius 2 is 1.95 bits per heavy atom. The van der Waals surface area contributed by atoms with Crippen LogP contribution in [-0.2, 0) is 14.6 Å². The molecule has 1 unspecified atom stereocenters. The third kappa shape index (κ3) is 6.70. The van der Waals surface area contributed by atoms with E-state index in [2.05, 4.69) is 16.7 Å². The second-order valence-corrected chi connectivity index (χ2v) is 7.49. The SMILES string of the molecule is CCOCCN1CCN(CCS(C)(=O)=O)CC1CC. The van der Waals surface area contributed by atoms with Crippen molar-refractivity contribution in [2.75, 3.05) is 57.9 Å². The molecule has 1 heterocycles. The molecule has 0 aliphatic carbocycles. The molecule has 6 heteroatoms. The second-order valence-electron chi connectivity index (χ2n) is 5.23. The van der Waals surface area contributed by atoms with Crippen LogP contribution < -0.4 is 0 Å². The normalized spacial score (nSPS) is 22.8. The van der Waals surface area contributed by atoms with Gasteiger partial charge in [-0.25, -0.2) is 8.42 Å². The average Bonchev–Trinajstić information content (AvgIpc) is 2.36. The topological polar surface area (TPSA) is 49.9 Å². The van der Waals surface area contributed by atoms with Crippen molar-refractivity contribution in [2.45, 2.75) is 26.3 Å². The highest BCUT2D eigenvalue weighted by Crippen LogP contribution is 2.12. The van der Waals surface area contributed by atoms with Gasteiger partial charge in [0.2, 0.25) is 0 Å². The summed E-state index contributed by atoms with van der Waals surface area (Å²) in [5.41, 5.74) is 0. The summed E-state index contributed by atoms with van der Waals surface area (Å²) in [6.45, 7) is 10.3. The Labute approximate surface area is 117 Å². The van der Waals surface area contributed by atoms with E-state index >= 15 is 0 Å². The number of nitrogens with zero attached hydrogens (tertiary/aromatic N) is 2. The molecule has 0 spiro atoms. The van der Waals surface area contributed by atoms with Crippen LogP contribution in [0.3, 0.4) is 0 Å². The van der Waals surface area contributed by atoms with Gasteiger partial charge < -0.3 is 4.74 Å². The molecule has 0 aromatic heterocycles. The summed E-state index contributed by atoms with van der Waals surface area (Å²) >= 11 is 0. The summed E-state index contributed by atoms with van der Waals surface area (Å²) in [5.74, 6) is 0.266. The van der Waals surface area contributed by atoms with Crippen LogP contribution in [0.2, 0.25) is 0 Å². The minimum Gasteiger partial charge on any atom is -0.380 e. The molecule has 1 atom stereocenters. The van der Waals surface area contributed by atoms with Gasteiger partial charge in [-0.3, -0.25) is 9.80 Å². The van der Waals surface area contributed by atoms with Gasteiger partial charge in [-0.15, -0.1) is 0 Å². The average molecular weight is 292 g/mol. The zero-order chi connectivity index (χ0) is 14.3. The van der Waals surface area contributed by atoms with Gasteiger partial charge in [0.15, 0.2) is 0 Å². The van der Waals surface area contributed by atoms with Crippen molar-refractivity contribution in [1.29, 1.82) is 0 Å². The maximum Gasteiger partial charge on any atom is 0.148 e. The van der Waals surface area contributed by atoms with Crippen LogP contribution in [0.5, 0.6) is 0 Å². The molecule has 19 heavy (non-hydrogen) atoms. The standard InChI is InChI=1S/C13H28N2O3S/c1-4-13-12-14(9-11-19(3,16)17)6-7-15(13)8-10-18-5-2/h13H,4-12H2,1-3H3. The molecule has 1 aliphatic rings. The van der Waals surface area contributed by atoms with Gasteiger partial charge in [0, 0.05) is 51.6 Å². The van der Waals surface area contributed by atoms with Crippen molar-refractivity contribution >= 4 is 9.84 Å². The third-order valence-corrected chi connectivity index (χ3v) is 4.59. The van der Waals surface area contributed by atoms with Crippen molar-refractivity contribution in [2.24, 2.45) is 0 Å². The molecule has 0 aromatic rings. The first kappa shape index (κ1) is 16.9. The molecule has 0 amide bonds. The molecule has 114 valence electrons. The number of hydrogen-bond donors (Lipinski definition) is 0. The van der Waals surface area contributed by atoms with E-state index in [9.17, 15) is 8.42 Å². The fourth-order valence-electron chi connectivity index (χ4n) is 2.46. The second kappa shape index (κ2) is 8.19. The van der Waals surface area contributed by atoms with Crippen LogP contribution in [0.1, 0.15) is 20.3 Å². The van der Waals surface area contributed by atoms with E-state index in [1.165, 1.54) is 6.26 Å². The van der Waals surface area contributed by atoms with Crippen molar-refractivity contribution in [3.05, 3.63) is 0 Å². The lowest BCUT2D eigenvalue weighted by Gasteiger charge is -2.41. The third-order valence-electron chi connectivity index (χ3n) is 3.67. The lowest BCUT2D eigenvalue weighted by Crippen LogP contribution is -2.54. The highest BCUT2D eigenvalue weighted by molar-refractivity contribution is 7.90. The highest BCUT2D eigenvalue weighted by atomic mass is 32.2. The molecule has 0 bridgehead atoms. The summed E-state index contributed by atoms with van der Waals surface area (Å²) in [6.07, 6.45) is 2.41. The van der Waals surface area contributed by atoms with E-state index in [-0.39, 0.29) is 5.75 Å². The molecule has 0 aromatic carbocycles. The van der Waals surface area contributed by atoms with Crippen molar-refractivity contribution < 1.29 is 13.2 Å². The van der Waals surface area contributed by atoms with Crippen LogP contribution in [0, 0.1) is 0 Å². The molecule has 1 saturated heterocycles. The Kier molecular flexibility index (Phi) is 7.28. The predicted molar refractivity (Wildman–Crippen MR) is 78.3 cm³/mol. The quantitative estimate of drug-likeness (QED) is 0.609. The van der Waals surface area contributed by atoms with E-state index in [0.717, 1.165) is 45.8 Å². The number of piperazine rings is 1. The minimum absolute atomic E-state index is 0.266. The molecular weight excluding hydrogens is 264 g/mol. The minimum atomic E-state index is -2.85. The maximum atomic E-state index is 11.2. The van der Waals surface area contributed by atoms with Crippen LogP contribution in [0.4, 0.5) is 0 Å². The zero-order valence-electron chi connectivity index (χ0n) is 12.5. The Hall–Kier alpha value is -0.170. The Morgan fingerprint density at radius 3 is 2.53 bits per heavy atom. The van der Waals surface area contributed by atoms with Crippen molar-refractivity contribution in [1.82, 2.24) is 9.80 Å². The van der Waals surface area contributed by atoms with E-state index in [0.29, 0.717) is 12.6 Å². The van der Waals surface area contributed by atoms with Crippen LogP contribution in [-0.4, -0.2) is 82.2 Å². The van der Waals surface area contributed by atoms with E-state index < -0.39 is 9.84 Å². The largest absolute Gasteiger partial charge is 0.380 e. The zero-order valence-corrected chi connectivity index (χ0v) is 13.3. The summed E-state index contributed by atoms with van der Waals surface area (Å²) in [7, 11) is -2.85. The van der Waals surface area contributed by atoms with E-state index in [1.54, 1.807) is 0 Å². The number of hydrogen-bond acceptors (Lipinski definition) is 5. The van der Waals surface area contributed by atoms with Crippen molar-refractivity contribution in [3.8, 4) is 0 Å². The van der Waals surface area contributed by atoms with Gasteiger partial charge in [-0.05, 0) is 13.3 Å². The van der Waals surface area contributed by atoms with Crippen LogP contribution in [0.15, 0.2) is 0 Å². The fourth-order valence-corrected chi connectivity index (χ4v) is 3.05. The smallest absolute Gasteiger partial charge is 0.148 e. The van der Waals surface area contributed by atoms with Crippen LogP contribution in [0.25, 0.3) is 0 Å². The molecular formula is C13H28N2O3S. The van der Waals surface area contributed by atoms with Gasteiger partial charge in [-0.2, -0.15) is 0 Å². The number of rotatable bonds is 8. The fraction of sp³-hybridized carbons (Fsp3) is 1.00. The first-order valence-electron chi connectivity index (χ1n) is 7.18. The molecule has 1 fully saturated rings. The Bertz CT molecular complexity index is 346. The molecule has 0 saturated carbocycles. The summed E-state index contributed by atoms with van der Waals surface area (Å²) in [5, 5.41) is 0. The Balaban J connectivity index is 2.37. The number of sulfone groups is 1. The number of ether oxygens (including phenoxy) is 1. The molecule has 0 N–H and O–H groups in total. The highest BCUT2D eigenvalue weighted by Gasteiger charge is 2.25. The molecule has 0 radical (unpaired) electrons. The van der Waals surface area contributed by atoms with Gasteiger partial charge in [0.25, 0.3) is 0 Å². The molecule has 5 nitrogen and oxygen atoms in total. The molecule has 1 aliphatic heterocycles.